The van der Waals surface area contributed by atoms with Crippen LogP contribution >= 0.6 is 0 Å². The second kappa shape index (κ2) is 13.3. The highest BCUT2D eigenvalue weighted by molar-refractivity contribution is 5.37. The highest BCUT2D eigenvalue weighted by atomic mass is 14.2. The van der Waals surface area contributed by atoms with Crippen LogP contribution in [0, 0.1) is 11.3 Å². The second-order valence-electron chi connectivity index (χ2n) is 1.80. The van der Waals surface area contributed by atoms with Crippen molar-refractivity contribution in [3.8, 4) is 6.07 Å². The molecule has 0 unspecified atom stereocenters. The van der Waals surface area contributed by atoms with Crippen LogP contribution in [0.3, 0.4) is 0 Å². The summed E-state index contributed by atoms with van der Waals surface area (Å²) in [6, 6.07) is 2.07. The molecule has 1 rings (SSSR count). The Bertz CT molecular complexity index is 214. The number of nitriles is 1. The molecule has 0 amide bonds. The van der Waals surface area contributed by atoms with Gasteiger partial charge in [-0.15, -0.1) is 0 Å². The van der Waals surface area contributed by atoms with E-state index in [0.717, 1.165) is 12.0 Å². The van der Waals surface area contributed by atoms with Crippen LogP contribution in [0.4, 0.5) is 0 Å². The number of allylic oxidation sites excluding steroid dienone is 6. The van der Waals surface area contributed by atoms with Crippen LogP contribution in [0.5, 0.6) is 0 Å². The van der Waals surface area contributed by atoms with E-state index in [0.29, 0.717) is 0 Å². The molecule has 72 valence electrons. The molecule has 0 aromatic heterocycles. The van der Waals surface area contributed by atoms with Crippen LogP contribution in [0.2, 0.25) is 0 Å². The summed E-state index contributed by atoms with van der Waals surface area (Å²) < 4.78 is 0. The lowest BCUT2D eigenvalue weighted by atomic mass is 10.3. The van der Waals surface area contributed by atoms with Gasteiger partial charge in [0.25, 0.3) is 0 Å². The molecule has 0 atom stereocenters. The van der Waals surface area contributed by atoms with Crippen molar-refractivity contribution in [2.24, 2.45) is 0 Å². The van der Waals surface area contributed by atoms with Gasteiger partial charge in [-0.05, 0) is 18.6 Å². The molecular formula is C12H19N. The molecule has 0 fully saturated rings. The van der Waals surface area contributed by atoms with Crippen molar-refractivity contribution in [3.05, 3.63) is 36.0 Å². The molecule has 0 heterocycles. The van der Waals surface area contributed by atoms with Gasteiger partial charge in [-0.25, -0.2) is 0 Å². The minimum atomic E-state index is 0.726. The molecule has 0 saturated heterocycles. The highest BCUT2D eigenvalue weighted by Crippen LogP contribution is 2.01. The van der Waals surface area contributed by atoms with Crippen LogP contribution in [0.1, 0.15) is 34.1 Å². The largest absolute Gasteiger partial charge is 0.192 e. The maximum atomic E-state index is 8.41. The minimum absolute atomic E-state index is 0.726. The molecule has 0 aliphatic heterocycles. The molecule has 0 saturated carbocycles. The van der Waals surface area contributed by atoms with Crippen LogP contribution in [0.15, 0.2) is 36.0 Å². The Balaban J connectivity index is 0. The summed E-state index contributed by atoms with van der Waals surface area (Å²) in [5.74, 6) is 0. The van der Waals surface area contributed by atoms with Crippen molar-refractivity contribution < 1.29 is 0 Å². The first-order valence-corrected chi connectivity index (χ1v) is 4.87. The summed E-state index contributed by atoms with van der Waals surface area (Å²) in [5.41, 5.74) is 0.726. The van der Waals surface area contributed by atoms with E-state index in [4.69, 9.17) is 5.26 Å². The molecule has 1 nitrogen and oxygen atoms in total. The van der Waals surface area contributed by atoms with E-state index in [9.17, 15) is 0 Å². The number of rotatable bonds is 0. The van der Waals surface area contributed by atoms with Gasteiger partial charge in [-0.2, -0.15) is 5.26 Å². The summed E-state index contributed by atoms with van der Waals surface area (Å²) in [4.78, 5) is 0. The minimum Gasteiger partial charge on any atom is -0.192 e. The first kappa shape index (κ1) is 14.2. The third-order valence-electron chi connectivity index (χ3n) is 1.11. The molecule has 0 spiro atoms. The summed E-state index contributed by atoms with van der Waals surface area (Å²) >= 11 is 0. The van der Waals surface area contributed by atoms with E-state index in [-0.39, 0.29) is 0 Å². The number of hydrogen-bond donors (Lipinski definition) is 0. The SMILES string of the molecule is CC.CC.N#CC1=CC=CCC=C1. The Labute approximate surface area is 82.1 Å². The Hall–Kier alpha value is -1.29. The summed E-state index contributed by atoms with van der Waals surface area (Å²) in [6.07, 6.45) is 10.5. The van der Waals surface area contributed by atoms with E-state index < -0.39 is 0 Å². The standard InChI is InChI=1S/C8H7N.2C2H6/c9-7-8-5-3-1-2-4-6-8;2*1-2/h1,3-6H,2H2;2*1-2H3. The van der Waals surface area contributed by atoms with Crippen molar-refractivity contribution in [2.45, 2.75) is 34.1 Å². The molecule has 1 aliphatic carbocycles. The predicted octanol–water partition coefficient (Wildman–Crippen LogP) is 4.00. The molecule has 0 N–H and O–H groups in total. The molecule has 1 heteroatoms. The summed E-state index contributed by atoms with van der Waals surface area (Å²) in [5, 5.41) is 8.41. The topological polar surface area (TPSA) is 23.8 Å². The lowest BCUT2D eigenvalue weighted by Gasteiger charge is -1.77. The zero-order valence-corrected chi connectivity index (χ0v) is 9.04. The fraction of sp³-hybridized carbons (Fsp3) is 0.417. The average molecular weight is 177 g/mol. The van der Waals surface area contributed by atoms with Crippen LogP contribution < -0.4 is 0 Å². The second-order valence-corrected chi connectivity index (χ2v) is 1.80. The first-order valence-electron chi connectivity index (χ1n) is 4.87. The molecular weight excluding hydrogens is 158 g/mol. The van der Waals surface area contributed by atoms with Gasteiger partial charge in [-0.3, -0.25) is 0 Å². The van der Waals surface area contributed by atoms with Gasteiger partial charge in [0.05, 0.1) is 11.6 Å². The highest BCUT2D eigenvalue weighted by Gasteiger charge is 1.86. The number of hydrogen-bond acceptors (Lipinski definition) is 1. The summed E-state index contributed by atoms with van der Waals surface area (Å²) in [6.45, 7) is 8.00. The van der Waals surface area contributed by atoms with Crippen molar-refractivity contribution in [3.63, 3.8) is 0 Å². The van der Waals surface area contributed by atoms with Gasteiger partial charge in [0.15, 0.2) is 0 Å². The van der Waals surface area contributed by atoms with Crippen LogP contribution in [-0.2, 0) is 0 Å². The van der Waals surface area contributed by atoms with E-state index in [2.05, 4.69) is 6.07 Å². The van der Waals surface area contributed by atoms with Gasteiger partial charge in [0.2, 0.25) is 0 Å². The van der Waals surface area contributed by atoms with Gasteiger partial charge in [-0.1, -0.05) is 45.9 Å². The van der Waals surface area contributed by atoms with E-state index >= 15 is 0 Å². The molecule has 0 radical (unpaired) electrons. The van der Waals surface area contributed by atoms with Crippen LogP contribution in [-0.4, -0.2) is 0 Å². The molecule has 13 heavy (non-hydrogen) atoms. The van der Waals surface area contributed by atoms with E-state index in [1.807, 2.05) is 58.1 Å². The van der Waals surface area contributed by atoms with Gasteiger partial charge >= 0.3 is 0 Å². The fourth-order valence-electron chi connectivity index (χ4n) is 0.654. The van der Waals surface area contributed by atoms with Gasteiger partial charge < -0.3 is 0 Å². The van der Waals surface area contributed by atoms with E-state index in [1.165, 1.54) is 0 Å². The smallest absolute Gasteiger partial charge is 0.0991 e. The zero-order chi connectivity index (χ0) is 10.5. The maximum Gasteiger partial charge on any atom is 0.0991 e. The quantitative estimate of drug-likeness (QED) is 0.548. The monoisotopic (exact) mass is 177 g/mol. The normalized spacial score (nSPS) is 12.1. The maximum absolute atomic E-state index is 8.41. The molecule has 0 aromatic rings. The molecule has 1 aliphatic rings. The lowest BCUT2D eigenvalue weighted by Crippen LogP contribution is -1.65. The van der Waals surface area contributed by atoms with Crippen molar-refractivity contribution in [1.29, 1.82) is 5.26 Å². The molecule has 0 bridgehead atoms. The number of nitrogens with zero attached hydrogens (tertiary/aromatic N) is 1. The first-order chi connectivity index (χ1) is 6.43. The average Bonchev–Trinajstić information content (AvgIpc) is 2.51. The van der Waals surface area contributed by atoms with Crippen molar-refractivity contribution in [2.75, 3.05) is 0 Å². The van der Waals surface area contributed by atoms with Crippen LogP contribution in [0.25, 0.3) is 0 Å². The zero-order valence-electron chi connectivity index (χ0n) is 9.04. The third-order valence-corrected chi connectivity index (χ3v) is 1.11. The van der Waals surface area contributed by atoms with E-state index in [1.54, 1.807) is 0 Å². The fourth-order valence-corrected chi connectivity index (χ4v) is 0.654. The predicted molar refractivity (Wildman–Crippen MR) is 59.3 cm³/mol. The third kappa shape index (κ3) is 8.62. The Kier molecular flexibility index (Phi) is 14.6. The van der Waals surface area contributed by atoms with Gasteiger partial charge in [0, 0.05) is 0 Å². The lowest BCUT2D eigenvalue weighted by molar-refractivity contribution is 1.40. The Morgan fingerprint density at radius 3 is 2.31 bits per heavy atom. The Morgan fingerprint density at radius 1 is 1.15 bits per heavy atom. The Morgan fingerprint density at radius 2 is 1.77 bits per heavy atom. The van der Waals surface area contributed by atoms with Gasteiger partial charge in [0.1, 0.15) is 0 Å². The van der Waals surface area contributed by atoms with Crippen molar-refractivity contribution in [1.82, 2.24) is 0 Å². The molecule has 0 aromatic carbocycles. The van der Waals surface area contributed by atoms with Crippen molar-refractivity contribution >= 4 is 0 Å². The summed E-state index contributed by atoms with van der Waals surface area (Å²) in [7, 11) is 0.